The summed E-state index contributed by atoms with van der Waals surface area (Å²) in [4.78, 5) is 13.7. The van der Waals surface area contributed by atoms with Crippen molar-refractivity contribution in [2.45, 2.75) is 6.92 Å². The minimum atomic E-state index is -0.160. The summed E-state index contributed by atoms with van der Waals surface area (Å²) in [6, 6.07) is 25.2. The van der Waals surface area contributed by atoms with Crippen molar-refractivity contribution in [1.29, 1.82) is 0 Å². The predicted molar refractivity (Wildman–Crippen MR) is 151 cm³/mol. The van der Waals surface area contributed by atoms with Gasteiger partial charge in [-0.25, -0.2) is 0 Å². The number of fused-ring (bicyclic) bond motifs is 3. The van der Waals surface area contributed by atoms with Gasteiger partial charge in [-0.05, 0) is 37.3 Å². The number of ether oxygens (including phenoxy) is 1. The summed E-state index contributed by atoms with van der Waals surface area (Å²) in [6.45, 7) is 1.85. The van der Waals surface area contributed by atoms with Gasteiger partial charge in [0.1, 0.15) is 22.5 Å². The van der Waals surface area contributed by atoms with Crippen LogP contribution in [0.4, 0.5) is 11.4 Å². The van der Waals surface area contributed by atoms with Crippen LogP contribution in [-0.4, -0.2) is 16.8 Å². The Kier molecular flexibility index (Phi) is 5.81. The lowest BCUT2D eigenvalue weighted by Crippen LogP contribution is -2.17. The van der Waals surface area contributed by atoms with Crippen LogP contribution in [-0.2, 0) is 7.05 Å². The lowest BCUT2D eigenvalue weighted by Gasteiger charge is -2.08. The van der Waals surface area contributed by atoms with Gasteiger partial charge in [0.2, 0.25) is 0 Å². The van der Waals surface area contributed by atoms with Crippen LogP contribution in [0.15, 0.2) is 92.6 Å². The van der Waals surface area contributed by atoms with Crippen LogP contribution < -0.4 is 15.6 Å². The number of para-hydroxylation sites is 2. The van der Waals surface area contributed by atoms with Crippen molar-refractivity contribution < 1.29 is 13.7 Å². The number of hydrogen-bond acceptors (Lipinski definition) is 6. The summed E-state index contributed by atoms with van der Waals surface area (Å²) in [7, 11) is 3.41. The number of nitrogens with zero attached hydrogens (tertiary/aromatic N) is 2. The fourth-order valence-corrected chi connectivity index (χ4v) is 4.72. The third kappa shape index (κ3) is 3.85. The summed E-state index contributed by atoms with van der Waals surface area (Å²) < 4.78 is 19.2. The Morgan fingerprint density at radius 2 is 1.66 bits per heavy atom. The van der Waals surface area contributed by atoms with Gasteiger partial charge in [-0.3, -0.25) is 4.79 Å². The van der Waals surface area contributed by atoms with Crippen molar-refractivity contribution in [3.63, 3.8) is 0 Å². The Labute approximate surface area is 218 Å². The van der Waals surface area contributed by atoms with E-state index < -0.39 is 0 Å². The molecule has 0 atom stereocenters. The molecule has 0 amide bonds. The van der Waals surface area contributed by atoms with Gasteiger partial charge in [-0.2, -0.15) is 0 Å². The van der Waals surface area contributed by atoms with Gasteiger partial charge in [0.15, 0.2) is 17.1 Å². The van der Waals surface area contributed by atoms with E-state index in [1.165, 1.54) is 0 Å². The quantitative estimate of drug-likeness (QED) is 0.259. The maximum Gasteiger partial charge on any atom is 0.264 e. The zero-order valence-corrected chi connectivity index (χ0v) is 21.2. The molecular formula is C31H25N3O4. The molecule has 0 unspecified atom stereocenters. The highest BCUT2D eigenvalue weighted by Crippen LogP contribution is 2.41. The Bertz CT molecular complexity index is 1880. The third-order valence-electron chi connectivity index (χ3n) is 6.67. The number of pyridine rings is 1. The molecule has 6 aromatic rings. The maximum atomic E-state index is 13.7. The van der Waals surface area contributed by atoms with Crippen molar-refractivity contribution >= 4 is 45.4 Å². The summed E-state index contributed by atoms with van der Waals surface area (Å²) in [6.07, 6.45) is 3.74. The van der Waals surface area contributed by atoms with E-state index in [9.17, 15) is 4.79 Å². The van der Waals surface area contributed by atoms with Crippen LogP contribution in [0.1, 0.15) is 17.0 Å². The minimum Gasteiger partial charge on any atom is -0.496 e. The molecule has 0 bridgehead atoms. The highest BCUT2D eigenvalue weighted by molar-refractivity contribution is 6.11. The fraction of sp³-hybridized carbons (Fsp3) is 0.0968. The average Bonchev–Trinajstić information content (AvgIpc) is 3.52. The summed E-state index contributed by atoms with van der Waals surface area (Å²) in [5.41, 5.74) is 4.77. The van der Waals surface area contributed by atoms with Crippen molar-refractivity contribution in [1.82, 2.24) is 9.72 Å². The molecule has 0 radical (unpaired) electrons. The Balaban J connectivity index is 1.55. The van der Waals surface area contributed by atoms with Gasteiger partial charge in [0.25, 0.3) is 5.56 Å². The van der Waals surface area contributed by atoms with Crippen LogP contribution >= 0.6 is 0 Å². The first-order chi connectivity index (χ1) is 18.6. The molecule has 3 aromatic heterocycles. The second-order valence-electron chi connectivity index (χ2n) is 8.97. The van der Waals surface area contributed by atoms with E-state index in [0.29, 0.717) is 39.6 Å². The number of aromatic nitrogens is 2. The summed E-state index contributed by atoms with van der Waals surface area (Å²) in [5, 5.41) is 8.97. The molecule has 0 fully saturated rings. The van der Waals surface area contributed by atoms with Gasteiger partial charge in [0, 0.05) is 23.6 Å². The lowest BCUT2D eigenvalue weighted by molar-refractivity contribution is 0.408. The molecule has 38 heavy (non-hydrogen) atoms. The molecule has 0 spiro atoms. The second kappa shape index (κ2) is 9.44. The van der Waals surface area contributed by atoms with Crippen LogP contribution in [0.25, 0.3) is 45.3 Å². The van der Waals surface area contributed by atoms with Crippen molar-refractivity contribution in [3.05, 3.63) is 106 Å². The maximum absolute atomic E-state index is 13.7. The molecule has 0 aliphatic heterocycles. The summed E-state index contributed by atoms with van der Waals surface area (Å²) in [5.74, 6) is 1.82. The molecule has 1 N–H and O–H groups in total. The first kappa shape index (κ1) is 23.4. The van der Waals surface area contributed by atoms with Crippen LogP contribution in [0.3, 0.4) is 0 Å². The van der Waals surface area contributed by atoms with Gasteiger partial charge in [0.05, 0.1) is 18.3 Å². The van der Waals surface area contributed by atoms with E-state index >= 15 is 0 Å². The number of methoxy groups -OCH3 is 1. The monoisotopic (exact) mass is 503 g/mol. The zero-order chi connectivity index (χ0) is 26.2. The number of aryl methyl sites for hydroxylation is 2. The number of nitrogens with one attached hydrogen (secondary N) is 1. The van der Waals surface area contributed by atoms with E-state index in [-0.39, 0.29) is 5.56 Å². The minimum absolute atomic E-state index is 0.160. The van der Waals surface area contributed by atoms with E-state index in [0.717, 1.165) is 27.8 Å². The lowest BCUT2D eigenvalue weighted by atomic mass is 10.1. The molecule has 0 saturated heterocycles. The Hall–Kier alpha value is -5.04. The first-order valence-electron chi connectivity index (χ1n) is 12.2. The van der Waals surface area contributed by atoms with Gasteiger partial charge < -0.3 is 23.6 Å². The predicted octanol–water partition coefficient (Wildman–Crippen LogP) is 7.17. The molecule has 3 aromatic carbocycles. The van der Waals surface area contributed by atoms with Crippen molar-refractivity contribution in [3.8, 4) is 17.1 Å². The molecule has 6 rings (SSSR count). The second-order valence-corrected chi connectivity index (χ2v) is 8.97. The first-order valence-corrected chi connectivity index (χ1v) is 12.2. The smallest absolute Gasteiger partial charge is 0.264 e. The van der Waals surface area contributed by atoms with Gasteiger partial charge in [-0.15, -0.1) is 0 Å². The van der Waals surface area contributed by atoms with Crippen LogP contribution in [0.2, 0.25) is 0 Å². The molecule has 0 aliphatic carbocycles. The molecule has 7 nitrogen and oxygen atoms in total. The molecule has 3 heterocycles. The topological polar surface area (TPSA) is 82.4 Å². The van der Waals surface area contributed by atoms with Crippen LogP contribution in [0, 0.1) is 6.92 Å². The highest BCUT2D eigenvalue weighted by atomic mass is 16.5. The number of benzene rings is 3. The largest absolute Gasteiger partial charge is 0.496 e. The number of rotatable bonds is 6. The molecule has 0 saturated carbocycles. The average molecular weight is 504 g/mol. The Morgan fingerprint density at radius 3 is 2.47 bits per heavy atom. The molecular weight excluding hydrogens is 478 g/mol. The van der Waals surface area contributed by atoms with Crippen LogP contribution in [0.5, 0.6) is 5.75 Å². The van der Waals surface area contributed by atoms with Crippen molar-refractivity contribution in [2.24, 2.45) is 7.05 Å². The van der Waals surface area contributed by atoms with Gasteiger partial charge in [-0.1, -0.05) is 65.8 Å². The molecule has 0 aliphatic rings. The molecule has 7 heteroatoms. The Morgan fingerprint density at radius 1 is 0.921 bits per heavy atom. The van der Waals surface area contributed by atoms with E-state index in [1.807, 2.05) is 97.9 Å². The highest BCUT2D eigenvalue weighted by Gasteiger charge is 2.24. The normalized spacial score (nSPS) is 11.6. The van der Waals surface area contributed by atoms with E-state index in [1.54, 1.807) is 18.7 Å². The number of hydrogen-bond donors (Lipinski definition) is 1. The zero-order valence-electron chi connectivity index (χ0n) is 21.2. The van der Waals surface area contributed by atoms with Gasteiger partial charge >= 0.3 is 0 Å². The van der Waals surface area contributed by atoms with E-state index in [2.05, 4.69) is 10.5 Å². The number of anilines is 2. The fourth-order valence-electron chi connectivity index (χ4n) is 4.72. The molecule has 188 valence electrons. The SMILES string of the molecule is COc1ccccc1/C=C/c1onc(C)c1Nc1c(-c2ccccc2)oc2c1c(=O)n(C)c1ccccc21. The summed E-state index contributed by atoms with van der Waals surface area (Å²) >= 11 is 0. The number of furan rings is 1. The van der Waals surface area contributed by atoms with E-state index in [4.69, 9.17) is 13.7 Å². The van der Waals surface area contributed by atoms with Crippen molar-refractivity contribution in [2.75, 3.05) is 12.4 Å². The third-order valence-corrected chi connectivity index (χ3v) is 6.67. The standard InChI is InChI=1S/C31H25N3O4/c1-19-27(25(38-33-19)18-17-20-11-7-10-16-24(20)36-3)32-28-26-30(37-29(28)21-12-5-4-6-13-21)22-14-8-9-15-23(22)34(2)31(26)35/h4-18,32H,1-3H3/b18-17+.